The van der Waals surface area contributed by atoms with Crippen LogP contribution in [0, 0.1) is 6.92 Å². The molecule has 84 valence electrons. The lowest BCUT2D eigenvalue weighted by Crippen LogP contribution is -2.13. The molecule has 1 aromatic rings. The molecule has 1 aromatic carbocycles. The van der Waals surface area contributed by atoms with Gasteiger partial charge in [0.15, 0.2) is 0 Å². The fourth-order valence-electron chi connectivity index (χ4n) is 1.77. The highest BCUT2D eigenvalue weighted by Gasteiger charge is 2.09. The van der Waals surface area contributed by atoms with Gasteiger partial charge in [-0.05, 0) is 25.0 Å². The molecule has 1 rings (SSSR count). The summed E-state index contributed by atoms with van der Waals surface area (Å²) >= 11 is 0. The molecule has 0 saturated heterocycles. The van der Waals surface area contributed by atoms with E-state index in [9.17, 15) is 0 Å². The highest BCUT2D eigenvalue weighted by molar-refractivity contribution is 5.52. The molecular formula is C13H21NO. The minimum Gasteiger partial charge on any atom is -0.388 e. The van der Waals surface area contributed by atoms with Gasteiger partial charge in [0.2, 0.25) is 0 Å². The van der Waals surface area contributed by atoms with Crippen molar-refractivity contribution in [1.29, 1.82) is 0 Å². The van der Waals surface area contributed by atoms with Gasteiger partial charge in [-0.25, -0.2) is 0 Å². The van der Waals surface area contributed by atoms with Crippen LogP contribution in [0.1, 0.15) is 24.5 Å². The van der Waals surface area contributed by atoms with Crippen molar-refractivity contribution in [2.45, 2.75) is 32.8 Å². The van der Waals surface area contributed by atoms with Crippen LogP contribution in [0.15, 0.2) is 18.2 Å². The molecule has 1 atom stereocenters. The molecule has 0 aliphatic carbocycles. The lowest BCUT2D eigenvalue weighted by molar-refractivity contribution is 0.0999. The van der Waals surface area contributed by atoms with Crippen molar-refractivity contribution >= 4 is 5.69 Å². The summed E-state index contributed by atoms with van der Waals surface area (Å²) in [6.45, 7) is 4.28. The normalized spacial score (nSPS) is 12.5. The maximum absolute atomic E-state index is 5.41. The van der Waals surface area contributed by atoms with Crippen LogP contribution in [0.4, 0.5) is 5.69 Å². The van der Waals surface area contributed by atoms with Crippen LogP contribution in [-0.2, 0) is 11.2 Å². The van der Waals surface area contributed by atoms with Gasteiger partial charge in [-0.15, -0.1) is 0 Å². The Morgan fingerprint density at radius 3 is 2.67 bits per heavy atom. The minimum atomic E-state index is 0.318. The van der Waals surface area contributed by atoms with Crippen LogP contribution in [0.5, 0.6) is 0 Å². The van der Waals surface area contributed by atoms with Gasteiger partial charge >= 0.3 is 0 Å². The third kappa shape index (κ3) is 3.24. The van der Waals surface area contributed by atoms with E-state index in [1.54, 1.807) is 7.11 Å². The van der Waals surface area contributed by atoms with Gasteiger partial charge in [-0.3, -0.25) is 0 Å². The molecular weight excluding hydrogens is 186 g/mol. The van der Waals surface area contributed by atoms with Crippen molar-refractivity contribution in [3.05, 3.63) is 29.3 Å². The van der Waals surface area contributed by atoms with Crippen molar-refractivity contribution in [3.63, 3.8) is 0 Å². The number of hydrogen-bond donors (Lipinski definition) is 1. The van der Waals surface area contributed by atoms with E-state index in [1.165, 1.54) is 16.8 Å². The van der Waals surface area contributed by atoms with Gasteiger partial charge in [0.1, 0.15) is 0 Å². The summed E-state index contributed by atoms with van der Waals surface area (Å²) in [6.07, 6.45) is 2.34. The zero-order valence-corrected chi connectivity index (χ0v) is 10.1. The van der Waals surface area contributed by atoms with E-state index in [0.29, 0.717) is 6.10 Å². The third-order valence-electron chi connectivity index (χ3n) is 2.77. The van der Waals surface area contributed by atoms with E-state index in [4.69, 9.17) is 4.74 Å². The van der Waals surface area contributed by atoms with Gasteiger partial charge < -0.3 is 10.1 Å². The topological polar surface area (TPSA) is 21.3 Å². The molecule has 0 amide bonds. The van der Waals surface area contributed by atoms with Gasteiger partial charge in [-0.1, -0.05) is 24.6 Å². The Morgan fingerprint density at radius 1 is 1.40 bits per heavy atom. The summed E-state index contributed by atoms with van der Waals surface area (Å²) in [7, 11) is 3.74. The Labute approximate surface area is 92.6 Å². The summed E-state index contributed by atoms with van der Waals surface area (Å²) in [6, 6.07) is 6.49. The predicted molar refractivity (Wildman–Crippen MR) is 65.5 cm³/mol. The van der Waals surface area contributed by atoms with Gasteiger partial charge in [0, 0.05) is 26.3 Å². The largest absolute Gasteiger partial charge is 0.388 e. The summed E-state index contributed by atoms with van der Waals surface area (Å²) < 4.78 is 5.41. The average Bonchev–Trinajstić information content (AvgIpc) is 2.26. The Morgan fingerprint density at radius 2 is 2.13 bits per heavy atom. The first-order valence-electron chi connectivity index (χ1n) is 5.51. The lowest BCUT2D eigenvalue weighted by atomic mass is 10.0. The zero-order valence-electron chi connectivity index (χ0n) is 10.1. The van der Waals surface area contributed by atoms with Crippen LogP contribution in [0.2, 0.25) is 0 Å². The Balaban J connectivity index is 2.86. The van der Waals surface area contributed by atoms with Crippen LogP contribution in [0.25, 0.3) is 0 Å². The second-order valence-corrected chi connectivity index (χ2v) is 3.88. The molecule has 0 heterocycles. The van der Waals surface area contributed by atoms with E-state index in [2.05, 4.69) is 37.4 Å². The Hall–Kier alpha value is -1.02. The maximum Gasteiger partial charge on any atom is 0.0609 e. The summed E-state index contributed by atoms with van der Waals surface area (Å²) in [5.74, 6) is 0. The first kappa shape index (κ1) is 12.1. The number of hydrogen-bond acceptors (Lipinski definition) is 2. The number of anilines is 1. The zero-order chi connectivity index (χ0) is 11.3. The second kappa shape index (κ2) is 5.76. The maximum atomic E-state index is 5.41. The van der Waals surface area contributed by atoms with E-state index in [1.807, 2.05) is 7.05 Å². The Kier molecular flexibility index (Phi) is 4.63. The van der Waals surface area contributed by atoms with Crippen molar-refractivity contribution in [3.8, 4) is 0 Å². The quantitative estimate of drug-likeness (QED) is 0.801. The summed E-state index contributed by atoms with van der Waals surface area (Å²) in [4.78, 5) is 0. The van der Waals surface area contributed by atoms with Crippen LogP contribution in [-0.4, -0.2) is 20.3 Å². The molecule has 2 heteroatoms. The second-order valence-electron chi connectivity index (χ2n) is 3.88. The average molecular weight is 207 g/mol. The summed E-state index contributed by atoms with van der Waals surface area (Å²) in [5.41, 5.74) is 3.84. The first-order valence-corrected chi connectivity index (χ1v) is 5.51. The molecule has 0 aliphatic rings. The smallest absolute Gasteiger partial charge is 0.0609 e. The number of aryl methyl sites for hydroxylation is 1. The monoisotopic (exact) mass is 207 g/mol. The molecule has 0 bridgehead atoms. The third-order valence-corrected chi connectivity index (χ3v) is 2.77. The van der Waals surface area contributed by atoms with E-state index >= 15 is 0 Å². The van der Waals surface area contributed by atoms with E-state index < -0.39 is 0 Å². The fourth-order valence-corrected chi connectivity index (χ4v) is 1.77. The molecule has 0 spiro atoms. The predicted octanol–water partition coefficient (Wildman–Crippen LogP) is 3.00. The molecule has 1 N–H and O–H groups in total. The molecule has 2 nitrogen and oxygen atoms in total. The molecule has 1 unspecified atom stereocenters. The minimum absolute atomic E-state index is 0.318. The molecule has 15 heavy (non-hydrogen) atoms. The Bertz CT molecular complexity index is 305. The molecule has 0 radical (unpaired) electrons. The standard InChI is InChI=1S/C13H21NO/c1-5-12(15-4)9-11-8-10(2)6-7-13(11)14-3/h6-8,12,14H,5,9H2,1-4H3. The highest BCUT2D eigenvalue weighted by atomic mass is 16.5. The number of nitrogens with one attached hydrogen (secondary N) is 1. The molecule has 0 saturated carbocycles. The highest BCUT2D eigenvalue weighted by Crippen LogP contribution is 2.20. The number of rotatable bonds is 5. The fraction of sp³-hybridized carbons (Fsp3) is 0.538. The van der Waals surface area contributed by atoms with Gasteiger partial charge in [0.25, 0.3) is 0 Å². The number of benzene rings is 1. The van der Waals surface area contributed by atoms with E-state index in [0.717, 1.165) is 12.8 Å². The number of methoxy groups -OCH3 is 1. The van der Waals surface area contributed by atoms with Crippen molar-refractivity contribution < 1.29 is 4.74 Å². The SMILES string of the molecule is CCC(Cc1cc(C)ccc1NC)OC. The number of ether oxygens (including phenoxy) is 1. The molecule has 0 aliphatic heterocycles. The first-order chi connectivity index (χ1) is 7.21. The van der Waals surface area contributed by atoms with Gasteiger partial charge in [-0.2, -0.15) is 0 Å². The molecule has 0 aromatic heterocycles. The summed E-state index contributed by atoms with van der Waals surface area (Å²) in [5, 5.41) is 3.22. The molecule has 0 fully saturated rings. The van der Waals surface area contributed by atoms with Crippen molar-refractivity contribution in [2.75, 3.05) is 19.5 Å². The van der Waals surface area contributed by atoms with Crippen molar-refractivity contribution in [1.82, 2.24) is 0 Å². The van der Waals surface area contributed by atoms with Crippen molar-refractivity contribution in [2.24, 2.45) is 0 Å². The van der Waals surface area contributed by atoms with Crippen LogP contribution < -0.4 is 5.32 Å². The van der Waals surface area contributed by atoms with E-state index in [-0.39, 0.29) is 0 Å². The lowest BCUT2D eigenvalue weighted by Gasteiger charge is -2.16. The van der Waals surface area contributed by atoms with Crippen LogP contribution in [0.3, 0.4) is 0 Å². The van der Waals surface area contributed by atoms with Crippen LogP contribution >= 0.6 is 0 Å². The van der Waals surface area contributed by atoms with Gasteiger partial charge in [0.05, 0.1) is 6.10 Å².